The third-order valence-electron chi connectivity index (χ3n) is 5.95. The Morgan fingerprint density at radius 3 is 2.68 bits per heavy atom. The molecule has 1 saturated carbocycles. The van der Waals surface area contributed by atoms with E-state index in [9.17, 15) is 9.59 Å². The van der Waals surface area contributed by atoms with E-state index in [4.69, 9.17) is 4.74 Å². The third-order valence-corrected chi connectivity index (χ3v) is 5.95. The van der Waals surface area contributed by atoms with E-state index in [1.54, 1.807) is 0 Å². The molecule has 4 unspecified atom stereocenters. The van der Waals surface area contributed by atoms with Crippen LogP contribution in [0.25, 0.3) is 0 Å². The largest absolute Gasteiger partial charge is 0.368 e. The second-order valence-electron chi connectivity index (χ2n) is 7.53. The highest BCUT2D eigenvalue weighted by atomic mass is 16.5. The van der Waals surface area contributed by atoms with E-state index >= 15 is 0 Å². The van der Waals surface area contributed by atoms with Crippen LogP contribution >= 0.6 is 0 Å². The molecule has 3 saturated heterocycles. The summed E-state index contributed by atoms with van der Waals surface area (Å²) < 4.78 is 5.65. The van der Waals surface area contributed by atoms with Gasteiger partial charge < -0.3 is 14.5 Å². The van der Waals surface area contributed by atoms with Crippen molar-refractivity contribution < 1.29 is 14.3 Å². The van der Waals surface area contributed by atoms with Crippen LogP contribution in [0.5, 0.6) is 0 Å². The second-order valence-corrected chi connectivity index (χ2v) is 7.53. The van der Waals surface area contributed by atoms with Gasteiger partial charge in [-0.2, -0.15) is 0 Å². The molecule has 122 valence electrons. The van der Waals surface area contributed by atoms with Gasteiger partial charge in [0, 0.05) is 38.2 Å². The maximum Gasteiger partial charge on any atom is 0.251 e. The molecule has 3 aliphatic heterocycles. The van der Waals surface area contributed by atoms with Crippen LogP contribution in [-0.4, -0.2) is 59.5 Å². The maximum absolute atomic E-state index is 12.7. The summed E-state index contributed by atoms with van der Waals surface area (Å²) in [4.78, 5) is 29.1. The van der Waals surface area contributed by atoms with Crippen molar-refractivity contribution in [3.05, 3.63) is 0 Å². The van der Waals surface area contributed by atoms with Crippen molar-refractivity contribution in [2.24, 2.45) is 11.8 Å². The van der Waals surface area contributed by atoms with Crippen LogP contribution in [0.1, 0.15) is 45.4 Å². The van der Waals surface area contributed by atoms with Crippen LogP contribution in [0.2, 0.25) is 0 Å². The predicted octanol–water partition coefficient (Wildman–Crippen LogP) is 1.41. The number of ether oxygens (including phenoxy) is 1. The Balaban J connectivity index is 1.43. The lowest BCUT2D eigenvalue weighted by Gasteiger charge is -2.47. The molecule has 4 fully saturated rings. The van der Waals surface area contributed by atoms with E-state index in [1.165, 1.54) is 12.8 Å². The molecule has 0 aromatic rings. The molecule has 0 aromatic heterocycles. The molecule has 0 bridgehead atoms. The molecule has 0 aromatic carbocycles. The van der Waals surface area contributed by atoms with Crippen LogP contribution in [0.3, 0.4) is 0 Å². The molecule has 0 radical (unpaired) electrons. The lowest BCUT2D eigenvalue weighted by atomic mass is 9.83. The highest BCUT2D eigenvalue weighted by Crippen LogP contribution is 2.39. The zero-order valence-electron chi connectivity index (χ0n) is 13.4. The summed E-state index contributed by atoms with van der Waals surface area (Å²) in [5, 5.41) is 0. The molecule has 5 heteroatoms. The van der Waals surface area contributed by atoms with Crippen LogP contribution in [0.4, 0.5) is 0 Å². The minimum Gasteiger partial charge on any atom is -0.368 e. The molecule has 4 rings (SSSR count). The van der Waals surface area contributed by atoms with Crippen LogP contribution < -0.4 is 0 Å². The minimum absolute atomic E-state index is 0.179. The molecule has 4 aliphatic rings. The van der Waals surface area contributed by atoms with E-state index in [-0.39, 0.29) is 12.0 Å². The third kappa shape index (κ3) is 2.43. The van der Waals surface area contributed by atoms with Gasteiger partial charge in [-0.1, -0.05) is 6.92 Å². The van der Waals surface area contributed by atoms with Crippen molar-refractivity contribution in [1.29, 1.82) is 0 Å². The first kappa shape index (κ1) is 14.5. The van der Waals surface area contributed by atoms with E-state index in [0.29, 0.717) is 42.9 Å². The molecule has 0 N–H and O–H groups in total. The Hall–Kier alpha value is -1.10. The SMILES string of the molecule is CC1CCOC1C(=O)N1CCC2C(CCC(=O)N2C2CC2)C1. The van der Waals surface area contributed by atoms with Crippen molar-refractivity contribution in [2.75, 3.05) is 19.7 Å². The van der Waals surface area contributed by atoms with Gasteiger partial charge in [0.15, 0.2) is 0 Å². The highest BCUT2D eigenvalue weighted by molar-refractivity contribution is 5.82. The van der Waals surface area contributed by atoms with Gasteiger partial charge >= 0.3 is 0 Å². The van der Waals surface area contributed by atoms with Crippen molar-refractivity contribution in [3.8, 4) is 0 Å². The van der Waals surface area contributed by atoms with Gasteiger partial charge in [-0.15, -0.1) is 0 Å². The predicted molar refractivity (Wildman–Crippen MR) is 81.1 cm³/mol. The Bertz CT molecular complexity index is 477. The smallest absolute Gasteiger partial charge is 0.251 e. The highest BCUT2D eigenvalue weighted by Gasteiger charge is 2.46. The quantitative estimate of drug-likeness (QED) is 0.775. The number of amides is 2. The monoisotopic (exact) mass is 306 g/mol. The zero-order chi connectivity index (χ0) is 15.3. The van der Waals surface area contributed by atoms with E-state index in [1.807, 2.05) is 4.90 Å². The lowest BCUT2D eigenvalue weighted by Crippen LogP contribution is -2.58. The van der Waals surface area contributed by atoms with Crippen LogP contribution in [-0.2, 0) is 14.3 Å². The van der Waals surface area contributed by atoms with Gasteiger partial charge in [0.1, 0.15) is 6.10 Å². The van der Waals surface area contributed by atoms with Gasteiger partial charge in [0.05, 0.1) is 0 Å². The van der Waals surface area contributed by atoms with Gasteiger partial charge in [-0.3, -0.25) is 9.59 Å². The Labute approximate surface area is 132 Å². The molecule has 0 spiro atoms. The first-order valence-corrected chi connectivity index (χ1v) is 8.86. The van der Waals surface area contributed by atoms with Crippen molar-refractivity contribution in [3.63, 3.8) is 0 Å². The van der Waals surface area contributed by atoms with Crippen molar-refractivity contribution >= 4 is 11.8 Å². The molecule has 3 heterocycles. The number of rotatable bonds is 2. The lowest BCUT2D eigenvalue weighted by molar-refractivity contribution is -0.150. The molecular formula is C17H26N2O3. The summed E-state index contributed by atoms with van der Waals surface area (Å²) in [5.74, 6) is 1.32. The van der Waals surface area contributed by atoms with Gasteiger partial charge in [0.2, 0.25) is 5.91 Å². The molecule has 4 atom stereocenters. The van der Waals surface area contributed by atoms with Crippen molar-refractivity contribution in [1.82, 2.24) is 9.80 Å². The maximum atomic E-state index is 12.7. The number of nitrogens with zero attached hydrogens (tertiary/aromatic N) is 2. The average Bonchev–Trinajstić information content (AvgIpc) is 3.26. The fourth-order valence-electron chi connectivity index (χ4n) is 4.51. The number of carbonyl (C=O) groups is 2. The summed E-state index contributed by atoms with van der Waals surface area (Å²) in [6.45, 7) is 4.41. The zero-order valence-corrected chi connectivity index (χ0v) is 13.4. The number of carbonyl (C=O) groups excluding carboxylic acids is 2. The van der Waals surface area contributed by atoms with Crippen LogP contribution in [0, 0.1) is 11.8 Å². The molecule has 2 amide bonds. The number of piperidine rings is 2. The van der Waals surface area contributed by atoms with E-state index in [0.717, 1.165) is 32.4 Å². The number of hydrogen-bond acceptors (Lipinski definition) is 3. The normalized spacial score (nSPS) is 39.0. The minimum atomic E-state index is -0.235. The van der Waals surface area contributed by atoms with E-state index in [2.05, 4.69) is 11.8 Å². The van der Waals surface area contributed by atoms with Gasteiger partial charge in [-0.05, 0) is 43.9 Å². The Kier molecular flexibility index (Phi) is 3.63. The fourth-order valence-corrected chi connectivity index (χ4v) is 4.51. The van der Waals surface area contributed by atoms with Crippen molar-refractivity contribution in [2.45, 2.75) is 63.6 Å². The molecule has 5 nitrogen and oxygen atoms in total. The first-order valence-electron chi connectivity index (χ1n) is 8.86. The summed E-state index contributed by atoms with van der Waals surface area (Å²) in [6.07, 6.45) is 5.64. The fraction of sp³-hybridized carbons (Fsp3) is 0.882. The second kappa shape index (κ2) is 5.52. The number of likely N-dealkylation sites (tertiary alicyclic amines) is 2. The molecule has 22 heavy (non-hydrogen) atoms. The average molecular weight is 306 g/mol. The molecular weight excluding hydrogens is 280 g/mol. The van der Waals surface area contributed by atoms with E-state index < -0.39 is 0 Å². The Morgan fingerprint density at radius 1 is 1.18 bits per heavy atom. The Morgan fingerprint density at radius 2 is 2.00 bits per heavy atom. The van der Waals surface area contributed by atoms with Gasteiger partial charge in [-0.25, -0.2) is 0 Å². The summed E-state index contributed by atoms with van der Waals surface area (Å²) >= 11 is 0. The summed E-state index contributed by atoms with van der Waals surface area (Å²) in [7, 11) is 0. The summed E-state index contributed by atoms with van der Waals surface area (Å²) in [6, 6.07) is 0.875. The topological polar surface area (TPSA) is 49.9 Å². The molecule has 1 aliphatic carbocycles. The first-order chi connectivity index (χ1) is 10.6. The standard InChI is InChI=1S/C17H26N2O3/c1-11-7-9-22-16(11)17(21)18-8-6-14-12(10-18)2-5-15(20)19(14)13-3-4-13/h11-14,16H,2-10H2,1H3. The van der Waals surface area contributed by atoms with Crippen LogP contribution in [0.15, 0.2) is 0 Å². The van der Waals surface area contributed by atoms with Gasteiger partial charge in [0.25, 0.3) is 5.91 Å². The number of fused-ring (bicyclic) bond motifs is 1. The summed E-state index contributed by atoms with van der Waals surface area (Å²) in [5.41, 5.74) is 0. The number of hydrogen-bond donors (Lipinski definition) is 0.